The monoisotopic (exact) mass is 303 g/mol. The summed E-state index contributed by atoms with van der Waals surface area (Å²) < 4.78 is 0. The van der Waals surface area contributed by atoms with E-state index in [1.165, 1.54) is 22.5 Å². The van der Waals surface area contributed by atoms with Crippen molar-refractivity contribution < 1.29 is 0 Å². The zero-order chi connectivity index (χ0) is 13.0. The van der Waals surface area contributed by atoms with Gasteiger partial charge in [-0.15, -0.1) is 0 Å². The van der Waals surface area contributed by atoms with E-state index in [0.29, 0.717) is 0 Å². The van der Waals surface area contributed by atoms with Crippen molar-refractivity contribution in [1.29, 1.82) is 0 Å². The molecule has 0 aromatic heterocycles. The molecule has 0 bridgehead atoms. The van der Waals surface area contributed by atoms with Gasteiger partial charge in [0.1, 0.15) is 0 Å². The van der Waals surface area contributed by atoms with E-state index < -0.39 is 0 Å². The predicted octanol–water partition coefficient (Wildman–Crippen LogP) is 5.05. The van der Waals surface area contributed by atoms with Crippen LogP contribution in [-0.2, 0) is 5.33 Å². The van der Waals surface area contributed by atoms with Gasteiger partial charge in [-0.1, -0.05) is 51.8 Å². The quantitative estimate of drug-likeness (QED) is 0.715. The normalized spacial score (nSPS) is 10.4. The number of nitrogens with zero attached hydrogens (tertiary/aromatic N) is 1. The number of rotatable bonds is 4. The highest BCUT2D eigenvalue weighted by atomic mass is 79.9. The van der Waals surface area contributed by atoms with Gasteiger partial charge < -0.3 is 4.90 Å². The van der Waals surface area contributed by atoms with Crippen LogP contribution in [0.3, 0.4) is 0 Å². The molecule has 0 aliphatic carbocycles. The van der Waals surface area contributed by atoms with Gasteiger partial charge in [0.2, 0.25) is 0 Å². The van der Waals surface area contributed by atoms with Crippen molar-refractivity contribution in [2.45, 2.75) is 19.2 Å². The van der Waals surface area contributed by atoms with Crippen LogP contribution in [0.4, 0.5) is 11.4 Å². The van der Waals surface area contributed by atoms with Gasteiger partial charge in [-0.3, -0.25) is 0 Å². The van der Waals surface area contributed by atoms with Crippen molar-refractivity contribution in [2.75, 3.05) is 11.4 Å². The molecule has 2 rings (SSSR count). The lowest BCUT2D eigenvalue weighted by atomic mass is 10.1. The number of aryl methyl sites for hydroxylation is 1. The first kappa shape index (κ1) is 13.2. The molecule has 18 heavy (non-hydrogen) atoms. The van der Waals surface area contributed by atoms with Crippen molar-refractivity contribution in [3.63, 3.8) is 0 Å². The van der Waals surface area contributed by atoms with Crippen LogP contribution in [0.1, 0.15) is 18.1 Å². The van der Waals surface area contributed by atoms with Crippen LogP contribution in [0.15, 0.2) is 48.5 Å². The van der Waals surface area contributed by atoms with Crippen molar-refractivity contribution in [1.82, 2.24) is 0 Å². The van der Waals surface area contributed by atoms with Gasteiger partial charge in [0, 0.05) is 23.2 Å². The highest BCUT2D eigenvalue weighted by Crippen LogP contribution is 2.29. The molecule has 0 heterocycles. The Kier molecular flexibility index (Phi) is 4.43. The maximum Gasteiger partial charge on any atom is 0.0451 e. The van der Waals surface area contributed by atoms with Crippen molar-refractivity contribution in [2.24, 2.45) is 0 Å². The molecule has 0 spiro atoms. The Balaban J connectivity index is 2.41. The van der Waals surface area contributed by atoms with E-state index in [0.717, 1.165) is 11.9 Å². The van der Waals surface area contributed by atoms with Crippen molar-refractivity contribution in [3.8, 4) is 0 Å². The fourth-order valence-electron chi connectivity index (χ4n) is 2.10. The molecule has 0 aliphatic rings. The Labute approximate surface area is 118 Å². The topological polar surface area (TPSA) is 3.24 Å². The molecule has 0 saturated carbocycles. The molecule has 0 unspecified atom stereocenters. The second-order valence-electron chi connectivity index (χ2n) is 4.34. The molecule has 0 atom stereocenters. The van der Waals surface area contributed by atoms with E-state index in [4.69, 9.17) is 0 Å². The highest BCUT2D eigenvalue weighted by molar-refractivity contribution is 9.08. The number of alkyl halides is 1. The smallest absolute Gasteiger partial charge is 0.0451 e. The largest absolute Gasteiger partial charge is 0.342 e. The summed E-state index contributed by atoms with van der Waals surface area (Å²) >= 11 is 3.56. The van der Waals surface area contributed by atoms with Crippen LogP contribution in [0.2, 0.25) is 0 Å². The molecule has 0 N–H and O–H groups in total. The van der Waals surface area contributed by atoms with Gasteiger partial charge in [0.25, 0.3) is 0 Å². The standard InChI is InChI=1S/C16H18BrN/c1-3-18(15-10-8-13(2)9-11-15)16-7-5-4-6-14(16)12-17/h4-11H,3,12H2,1-2H3. The average molecular weight is 304 g/mol. The maximum atomic E-state index is 3.56. The van der Waals surface area contributed by atoms with Gasteiger partial charge in [-0.05, 0) is 37.6 Å². The summed E-state index contributed by atoms with van der Waals surface area (Å²) in [6.07, 6.45) is 0. The lowest BCUT2D eigenvalue weighted by Gasteiger charge is -2.25. The molecule has 0 amide bonds. The molecule has 2 heteroatoms. The maximum absolute atomic E-state index is 3.56. The number of hydrogen-bond acceptors (Lipinski definition) is 1. The number of hydrogen-bond donors (Lipinski definition) is 0. The SMILES string of the molecule is CCN(c1ccc(C)cc1)c1ccccc1CBr. The third-order valence-corrected chi connectivity index (χ3v) is 3.69. The summed E-state index contributed by atoms with van der Waals surface area (Å²) in [6, 6.07) is 17.2. The Morgan fingerprint density at radius 1 is 1.00 bits per heavy atom. The number of anilines is 2. The third kappa shape index (κ3) is 2.75. The lowest BCUT2D eigenvalue weighted by molar-refractivity contribution is 1.01. The van der Waals surface area contributed by atoms with E-state index in [1.54, 1.807) is 0 Å². The summed E-state index contributed by atoms with van der Waals surface area (Å²) in [5, 5.41) is 0.880. The zero-order valence-corrected chi connectivity index (χ0v) is 12.4. The average Bonchev–Trinajstić information content (AvgIpc) is 2.42. The Morgan fingerprint density at radius 3 is 2.28 bits per heavy atom. The Hall–Kier alpha value is -1.28. The molecular weight excluding hydrogens is 286 g/mol. The van der Waals surface area contributed by atoms with Crippen LogP contribution < -0.4 is 4.90 Å². The van der Waals surface area contributed by atoms with E-state index >= 15 is 0 Å². The predicted molar refractivity (Wildman–Crippen MR) is 82.9 cm³/mol. The third-order valence-electron chi connectivity index (χ3n) is 3.09. The first-order valence-electron chi connectivity index (χ1n) is 6.24. The van der Waals surface area contributed by atoms with E-state index in [1.807, 2.05) is 0 Å². The number of halogens is 1. The van der Waals surface area contributed by atoms with Gasteiger partial charge in [0.15, 0.2) is 0 Å². The summed E-state index contributed by atoms with van der Waals surface area (Å²) in [7, 11) is 0. The summed E-state index contributed by atoms with van der Waals surface area (Å²) in [6.45, 7) is 5.27. The van der Waals surface area contributed by atoms with Gasteiger partial charge >= 0.3 is 0 Å². The second-order valence-corrected chi connectivity index (χ2v) is 4.90. The first-order chi connectivity index (χ1) is 8.76. The number of para-hydroxylation sites is 1. The van der Waals surface area contributed by atoms with E-state index in [-0.39, 0.29) is 0 Å². The lowest BCUT2D eigenvalue weighted by Crippen LogP contribution is -2.17. The van der Waals surface area contributed by atoms with Gasteiger partial charge in [-0.25, -0.2) is 0 Å². The van der Waals surface area contributed by atoms with Gasteiger partial charge in [-0.2, -0.15) is 0 Å². The van der Waals surface area contributed by atoms with Crippen LogP contribution in [0, 0.1) is 6.92 Å². The first-order valence-corrected chi connectivity index (χ1v) is 7.36. The minimum Gasteiger partial charge on any atom is -0.342 e. The molecule has 1 nitrogen and oxygen atoms in total. The molecule has 0 aliphatic heterocycles. The molecule has 2 aromatic carbocycles. The Morgan fingerprint density at radius 2 is 1.67 bits per heavy atom. The fraction of sp³-hybridized carbons (Fsp3) is 0.250. The molecule has 0 radical (unpaired) electrons. The second kappa shape index (κ2) is 6.05. The van der Waals surface area contributed by atoms with Crippen LogP contribution in [-0.4, -0.2) is 6.54 Å². The summed E-state index contributed by atoms with van der Waals surface area (Å²) in [5.74, 6) is 0. The molecular formula is C16H18BrN. The molecule has 94 valence electrons. The van der Waals surface area contributed by atoms with Crippen molar-refractivity contribution >= 4 is 27.3 Å². The minimum absolute atomic E-state index is 0.880. The van der Waals surface area contributed by atoms with Crippen molar-refractivity contribution in [3.05, 3.63) is 59.7 Å². The van der Waals surface area contributed by atoms with E-state index in [2.05, 4.69) is 83.2 Å². The Bertz CT molecular complexity index is 505. The zero-order valence-electron chi connectivity index (χ0n) is 10.9. The molecule has 0 fully saturated rings. The minimum atomic E-state index is 0.880. The van der Waals surface area contributed by atoms with Gasteiger partial charge in [0.05, 0.1) is 0 Å². The highest BCUT2D eigenvalue weighted by Gasteiger charge is 2.10. The molecule has 0 saturated heterocycles. The van der Waals surface area contributed by atoms with E-state index in [9.17, 15) is 0 Å². The fourth-order valence-corrected chi connectivity index (χ4v) is 2.58. The van der Waals surface area contributed by atoms with Crippen LogP contribution in [0.25, 0.3) is 0 Å². The summed E-state index contributed by atoms with van der Waals surface area (Å²) in [5.41, 5.74) is 5.14. The van der Waals surface area contributed by atoms with Crippen LogP contribution >= 0.6 is 15.9 Å². The molecule has 2 aromatic rings. The number of benzene rings is 2. The summed E-state index contributed by atoms with van der Waals surface area (Å²) in [4.78, 5) is 2.34. The van der Waals surface area contributed by atoms with Crippen LogP contribution in [0.5, 0.6) is 0 Å².